The molecule has 0 heterocycles. The van der Waals surface area contributed by atoms with Gasteiger partial charge >= 0.3 is 37.1 Å². The number of rotatable bonds is 14. The summed E-state index contributed by atoms with van der Waals surface area (Å²) in [7, 11) is 0. The molecule has 0 saturated heterocycles. The Morgan fingerprint density at radius 3 is 1.02 bits per heavy atom. The van der Waals surface area contributed by atoms with Crippen LogP contribution in [0.2, 0.25) is 0 Å². The molecule has 1 aromatic rings. The number of hydrogen-bond acceptors (Lipinski definition) is 6. The van der Waals surface area contributed by atoms with Crippen LogP contribution >= 0.6 is 0 Å². The van der Waals surface area contributed by atoms with Crippen molar-refractivity contribution >= 4 is 0 Å². The maximum atomic E-state index is 14.8. The van der Waals surface area contributed by atoms with Crippen LogP contribution < -0.4 is 0 Å². The molecule has 2 aliphatic rings. The van der Waals surface area contributed by atoms with Gasteiger partial charge in [0.05, 0.1) is 12.2 Å². The lowest BCUT2D eigenvalue weighted by molar-refractivity contribution is -0.388. The van der Waals surface area contributed by atoms with Crippen molar-refractivity contribution in [1.82, 2.24) is 0 Å². The molecule has 0 spiro atoms. The van der Waals surface area contributed by atoms with Gasteiger partial charge in [-0.2, -0.15) is 79.0 Å². The van der Waals surface area contributed by atoms with Gasteiger partial charge in [0.2, 0.25) is 0 Å². The first-order chi connectivity index (χ1) is 26.9. The summed E-state index contributed by atoms with van der Waals surface area (Å²) in [4.78, 5) is 0. The largest absolute Gasteiger partial charge is 0.426 e. The minimum absolute atomic E-state index is 0.0785. The van der Waals surface area contributed by atoms with Crippen molar-refractivity contribution in [3.8, 4) is 0 Å². The Morgan fingerprint density at radius 1 is 0.500 bits per heavy atom. The highest BCUT2D eigenvalue weighted by Crippen LogP contribution is 2.54. The molecule has 2 saturated carbocycles. The molecule has 3 atom stereocenters. The minimum atomic E-state index is -6.11. The molecule has 0 radical (unpaired) electrons. The summed E-state index contributed by atoms with van der Waals surface area (Å²) in [5.74, 6) is -5.43. The summed E-state index contributed by atoms with van der Waals surface area (Å²) < 4.78 is 270. The lowest BCUT2D eigenvalue weighted by Crippen LogP contribution is -2.62. The van der Waals surface area contributed by atoms with Crippen molar-refractivity contribution in [3.63, 3.8) is 0 Å². The molecule has 1 aromatic carbocycles. The third-order valence-electron chi connectivity index (χ3n) is 11.9. The van der Waals surface area contributed by atoms with E-state index < -0.39 is 166 Å². The fourth-order valence-electron chi connectivity index (χ4n) is 7.42. The predicted molar refractivity (Wildman–Crippen MR) is 172 cm³/mol. The fraction of sp³-hybridized carbons (Fsp3) is 0.833. The first-order valence-electron chi connectivity index (χ1n) is 18.4. The predicted octanol–water partition coefficient (Wildman–Crippen LogP) is 11.6. The number of alkyl halides is 18. The van der Waals surface area contributed by atoms with Gasteiger partial charge in [-0.1, -0.05) is 26.0 Å². The van der Waals surface area contributed by atoms with Crippen molar-refractivity contribution in [1.29, 1.82) is 0 Å². The van der Waals surface area contributed by atoms with E-state index in [9.17, 15) is 89.2 Å². The Bertz CT molecular complexity index is 1420. The van der Waals surface area contributed by atoms with Gasteiger partial charge in [0.25, 0.3) is 11.2 Å². The Hall–Kier alpha value is -2.28. The molecule has 0 amide bonds. The topological polar surface area (TPSA) is 77.4 Å². The van der Waals surface area contributed by atoms with E-state index in [0.717, 1.165) is 12.1 Å². The van der Waals surface area contributed by atoms with Crippen molar-refractivity contribution in [2.24, 2.45) is 11.8 Å². The van der Waals surface area contributed by atoms with E-state index >= 15 is 0 Å². The molecule has 350 valence electrons. The first-order valence-corrected chi connectivity index (χ1v) is 18.4. The molecule has 3 rings (SSSR count). The van der Waals surface area contributed by atoms with E-state index in [4.69, 9.17) is 18.9 Å². The molecule has 2 fully saturated rings. The minimum Gasteiger partial charge on any atom is -0.373 e. The summed E-state index contributed by atoms with van der Waals surface area (Å²) in [6.45, 7) is 1.30. The van der Waals surface area contributed by atoms with Crippen LogP contribution in [0.25, 0.3) is 0 Å². The van der Waals surface area contributed by atoms with Crippen molar-refractivity contribution in [2.45, 2.75) is 163 Å². The van der Waals surface area contributed by atoms with Crippen LogP contribution in [0.3, 0.4) is 0 Å². The molecule has 60 heavy (non-hydrogen) atoms. The normalized spacial score (nSPS) is 24.8. The van der Waals surface area contributed by atoms with Gasteiger partial charge in [0.15, 0.2) is 11.2 Å². The van der Waals surface area contributed by atoms with E-state index in [2.05, 4.69) is 0 Å². The van der Waals surface area contributed by atoms with Gasteiger partial charge in [-0.3, -0.25) is 0 Å². The number of ether oxygens (including phenoxy) is 4. The maximum Gasteiger partial charge on any atom is 0.426 e. The fourth-order valence-corrected chi connectivity index (χ4v) is 7.42. The van der Waals surface area contributed by atoms with Gasteiger partial charge in [-0.15, -0.1) is 0 Å². The first kappa shape index (κ1) is 52.1. The van der Waals surface area contributed by atoms with Gasteiger partial charge in [-0.05, 0) is 100 Å². The van der Waals surface area contributed by atoms with Gasteiger partial charge in [0, 0.05) is 11.8 Å². The monoisotopic (exact) mass is 914 g/mol. The number of hydrogen-bond donors (Lipinski definition) is 2. The summed E-state index contributed by atoms with van der Waals surface area (Å²) >= 11 is 0. The summed E-state index contributed by atoms with van der Waals surface area (Å²) in [6, 6.07) is 2.27. The molecule has 0 bridgehead atoms. The van der Waals surface area contributed by atoms with Crippen molar-refractivity contribution < 1.29 is 108 Å². The molecule has 0 aromatic heterocycles. The van der Waals surface area contributed by atoms with Crippen LogP contribution in [0.4, 0.5) is 79.0 Å². The molecular weight excluding hydrogens is 870 g/mol. The lowest BCUT2D eigenvalue weighted by Gasteiger charge is -2.42. The SMILES string of the molecule is CCC(C)c1cc(C(C)(OCOC2CCC(C(O)(C(F)(F)F)C(F)(F)F)CC2)C(F)(F)F)cc(C(C)(OCOC2CCC(C(O)(C(F)(F)F)C(F)(F)F)CC2)C(F)(F)F)c1. The van der Waals surface area contributed by atoms with Gasteiger partial charge in [0.1, 0.15) is 13.6 Å². The van der Waals surface area contributed by atoms with E-state index in [-0.39, 0.29) is 12.0 Å². The lowest BCUT2D eigenvalue weighted by atomic mass is 9.75. The van der Waals surface area contributed by atoms with Crippen molar-refractivity contribution in [2.75, 3.05) is 13.6 Å². The van der Waals surface area contributed by atoms with Crippen LogP contribution in [0.5, 0.6) is 0 Å². The highest BCUT2D eigenvalue weighted by molar-refractivity contribution is 5.39. The molecule has 0 aliphatic heterocycles. The second-order valence-corrected chi connectivity index (χ2v) is 15.5. The quantitative estimate of drug-likeness (QED) is 0.143. The average Bonchev–Trinajstić information content (AvgIpc) is 3.11. The molecule has 2 aliphatic carbocycles. The zero-order valence-electron chi connectivity index (χ0n) is 32.2. The Balaban J connectivity index is 1.85. The molecule has 2 N–H and O–H groups in total. The number of halogens is 18. The second-order valence-electron chi connectivity index (χ2n) is 15.5. The third-order valence-corrected chi connectivity index (χ3v) is 11.9. The van der Waals surface area contributed by atoms with Crippen LogP contribution in [-0.4, -0.2) is 84.3 Å². The maximum absolute atomic E-state index is 14.8. The zero-order chi connectivity index (χ0) is 46.3. The van der Waals surface area contributed by atoms with Gasteiger partial charge < -0.3 is 29.2 Å². The average molecular weight is 915 g/mol. The zero-order valence-corrected chi connectivity index (χ0v) is 32.2. The van der Waals surface area contributed by atoms with Crippen molar-refractivity contribution in [3.05, 3.63) is 34.9 Å². The number of benzene rings is 1. The standard InChI is InChI=1S/C36H44F18O6/c1-5-19(2)20-14-23(27(3,31(37,38)39)59-17-57-25-10-6-21(7-11-25)29(55,33(43,44)45)34(46,47)48)16-24(15-20)28(4,32(40,41)42)60-18-58-26-12-8-22(9-13-26)30(56,35(49,50)51)36(52,53)54/h14-16,19,21-22,25-26,55-56H,5-13,17-18H2,1-4H3. The molecule has 24 heteroatoms. The second kappa shape index (κ2) is 17.7. The van der Waals surface area contributed by atoms with E-state index in [1.807, 2.05) is 0 Å². The smallest absolute Gasteiger partial charge is 0.373 e. The number of aliphatic hydroxyl groups is 2. The van der Waals surface area contributed by atoms with Crippen LogP contribution in [0.1, 0.15) is 108 Å². The Kier molecular flexibility index (Phi) is 15.4. The van der Waals surface area contributed by atoms with Crippen LogP contribution in [0.15, 0.2) is 18.2 Å². The van der Waals surface area contributed by atoms with E-state index in [1.54, 1.807) is 6.92 Å². The summed E-state index contributed by atoms with van der Waals surface area (Å²) in [5, 5.41) is 19.4. The van der Waals surface area contributed by atoms with Gasteiger partial charge in [-0.25, -0.2) is 0 Å². The molecule has 3 unspecified atom stereocenters. The molecular formula is C36H44F18O6. The van der Waals surface area contributed by atoms with E-state index in [1.165, 1.54) is 6.92 Å². The Morgan fingerprint density at radius 2 is 0.783 bits per heavy atom. The molecule has 6 nitrogen and oxygen atoms in total. The highest BCUT2D eigenvalue weighted by Gasteiger charge is 2.74. The Labute approximate surface area is 331 Å². The summed E-state index contributed by atoms with van der Waals surface area (Å²) in [5.41, 5.74) is -19.0. The van der Waals surface area contributed by atoms with E-state index in [0.29, 0.717) is 19.9 Å². The highest BCUT2D eigenvalue weighted by atomic mass is 19.4. The third kappa shape index (κ3) is 10.2. The summed E-state index contributed by atoms with van der Waals surface area (Å²) in [6.07, 6.45) is -43.5. The van der Waals surface area contributed by atoms with Crippen LogP contribution in [0, 0.1) is 11.8 Å². The van der Waals surface area contributed by atoms with Crippen LogP contribution in [-0.2, 0) is 30.1 Å².